The van der Waals surface area contributed by atoms with Crippen molar-refractivity contribution < 1.29 is 9.59 Å². The second-order valence-electron chi connectivity index (χ2n) is 12.9. The maximum absolute atomic E-state index is 12.2. The Hall–Kier alpha value is -1.84. The van der Waals surface area contributed by atoms with Gasteiger partial charge in [0.15, 0.2) is 0 Å². The van der Waals surface area contributed by atoms with Crippen molar-refractivity contribution in [3.63, 3.8) is 0 Å². The van der Waals surface area contributed by atoms with Gasteiger partial charge in [-0.3, -0.25) is 9.59 Å². The molecule has 0 saturated heterocycles. The maximum atomic E-state index is 12.2. The van der Waals surface area contributed by atoms with Crippen molar-refractivity contribution in [2.45, 2.75) is 193 Å². The fraction of sp³-hybridized carbons (Fsp3) is 0.789. The van der Waals surface area contributed by atoms with Crippen LogP contribution in [0.4, 0.5) is 0 Å². The number of hydrogen-bond donors (Lipinski definition) is 2. The molecule has 0 radical (unpaired) electrons. The maximum Gasteiger partial charge on any atom is 0.224 e. The van der Waals surface area contributed by atoms with Gasteiger partial charge < -0.3 is 11.5 Å². The molecule has 2 amide bonds. The molecule has 0 aromatic heterocycles. The van der Waals surface area contributed by atoms with Gasteiger partial charge in [-0.2, -0.15) is 0 Å². The van der Waals surface area contributed by atoms with Crippen LogP contribution in [-0.4, -0.2) is 11.8 Å². The summed E-state index contributed by atoms with van der Waals surface area (Å²) in [5, 5.41) is 0. The second-order valence-corrected chi connectivity index (χ2v) is 12.9. The monoisotopic (exact) mass is 585 g/mol. The van der Waals surface area contributed by atoms with E-state index < -0.39 is 0 Å². The summed E-state index contributed by atoms with van der Waals surface area (Å²) in [5.74, 6) is -1.03. The van der Waals surface area contributed by atoms with Gasteiger partial charge in [0.2, 0.25) is 11.8 Å². The summed E-state index contributed by atoms with van der Waals surface area (Å²) >= 11 is 0. The lowest BCUT2D eigenvalue weighted by atomic mass is 9.88. The Morgan fingerprint density at radius 3 is 0.857 bits per heavy atom. The molecule has 4 nitrogen and oxygen atoms in total. The van der Waals surface area contributed by atoms with Crippen LogP contribution in [0.15, 0.2) is 24.3 Å². The molecule has 2 atom stereocenters. The van der Waals surface area contributed by atoms with Crippen molar-refractivity contribution in [3.05, 3.63) is 35.4 Å². The smallest absolute Gasteiger partial charge is 0.224 e. The molecular formula is C38H68N2O2. The average Bonchev–Trinajstić information content (AvgIpc) is 2.98. The largest absolute Gasteiger partial charge is 0.369 e. The highest BCUT2D eigenvalue weighted by molar-refractivity contribution is 5.83. The summed E-state index contributed by atoms with van der Waals surface area (Å²) < 4.78 is 0. The highest BCUT2D eigenvalue weighted by Crippen LogP contribution is 2.28. The van der Waals surface area contributed by atoms with Gasteiger partial charge in [-0.1, -0.05) is 192 Å². The Labute approximate surface area is 260 Å². The molecule has 242 valence electrons. The molecule has 4 N–H and O–H groups in total. The molecule has 0 bridgehead atoms. The summed E-state index contributed by atoms with van der Waals surface area (Å²) in [5.41, 5.74) is 13.5. The number of amides is 2. The molecule has 1 aromatic rings. The van der Waals surface area contributed by atoms with Crippen LogP contribution in [0.3, 0.4) is 0 Å². The minimum Gasteiger partial charge on any atom is -0.369 e. The van der Waals surface area contributed by atoms with Crippen LogP contribution in [0, 0.1) is 0 Å². The average molecular weight is 585 g/mol. The lowest BCUT2D eigenvalue weighted by Crippen LogP contribution is -2.23. The van der Waals surface area contributed by atoms with Gasteiger partial charge >= 0.3 is 0 Å². The lowest BCUT2D eigenvalue weighted by Gasteiger charge is -2.17. The van der Waals surface area contributed by atoms with Gasteiger partial charge in [-0.05, 0) is 24.0 Å². The number of carbonyl (C=O) groups excluding carboxylic acids is 2. The fourth-order valence-corrected chi connectivity index (χ4v) is 6.29. The Morgan fingerprint density at radius 1 is 0.429 bits per heavy atom. The first-order valence-corrected chi connectivity index (χ1v) is 18.2. The van der Waals surface area contributed by atoms with Gasteiger partial charge in [0, 0.05) is 0 Å². The highest BCUT2D eigenvalue weighted by atomic mass is 16.1. The van der Waals surface area contributed by atoms with Crippen LogP contribution in [0.5, 0.6) is 0 Å². The van der Waals surface area contributed by atoms with E-state index in [1.807, 2.05) is 24.3 Å². The van der Waals surface area contributed by atoms with Gasteiger partial charge in [0.05, 0.1) is 11.8 Å². The third-order valence-electron chi connectivity index (χ3n) is 9.12. The summed E-state index contributed by atoms with van der Waals surface area (Å²) in [6.45, 7) is 4.54. The van der Waals surface area contributed by atoms with E-state index in [0.29, 0.717) is 0 Å². The molecular weight excluding hydrogens is 516 g/mol. The van der Waals surface area contributed by atoms with E-state index in [2.05, 4.69) is 13.8 Å². The second kappa shape index (κ2) is 26.8. The molecule has 0 fully saturated rings. The van der Waals surface area contributed by atoms with E-state index in [1.165, 1.54) is 128 Å². The van der Waals surface area contributed by atoms with E-state index in [9.17, 15) is 9.59 Å². The molecule has 0 aliphatic rings. The number of unbranched alkanes of at least 4 members (excludes halogenated alkanes) is 22. The molecule has 0 aliphatic heterocycles. The van der Waals surface area contributed by atoms with Crippen molar-refractivity contribution in [1.82, 2.24) is 0 Å². The number of hydrogen-bond acceptors (Lipinski definition) is 2. The summed E-state index contributed by atoms with van der Waals surface area (Å²) in [6.07, 6.45) is 32.9. The van der Waals surface area contributed by atoms with Crippen molar-refractivity contribution >= 4 is 11.8 Å². The van der Waals surface area contributed by atoms with Crippen molar-refractivity contribution in [2.75, 3.05) is 0 Å². The summed E-state index contributed by atoms with van der Waals surface area (Å²) in [7, 11) is 0. The quantitative estimate of drug-likeness (QED) is 0.0881. The Kier molecular flexibility index (Phi) is 24.3. The van der Waals surface area contributed by atoms with E-state index in [0.717, 1.165) is 49.7 Å². The normalized spacial score (nSPS) is 12.8. The topological polar surface area (TPSA) is 86.2 Å². The van der Waals surface area contributed by atoms with Crippen LogP contribution in [0.25, 0.3) is 0 Å². The predicted octanol–water partition coefficient (Wildman–Crippen LogP) is 11.0. The molecule has 1 aromatic carbocycles. The third kappa shape index (κ3) is 19.4. The zero-order valence-corrected chi connectivity index (χ0v) is 27.8. The molecule has 0 heterocycles. The highest BCUT2D eigenvalue weighted by Gasteiger charge is 2.20. The Morgan fingerprint density at radius 2 is 0.643 bits per heavy atom. The van der Waals surface area contributed by atoms with Crippen molar-refractivity contribution in [2.24, 2.45) is 11.5 Å². The number of carbonyl (C=O) groups is 2. The first kappa shape index (κ1) is 38.2. The predicted molar refractivity (Wildman–Crippen MR) is 182 cm³/mol. The standard InChI is InChI=1S/C38H68N2O2/c1-3-5-7-9-11-13-15-17-19-21-23-25-27-35(37(39)41)33-29-31-34(32-30-33)36(38(40)42)28-26-24-22-20-18-16-14-12-10-8-6-4-2/h29-32,35-36H,3-28H2,1-2H3,(H2,39,41)(H2,40,42). The van der Waals surface area contributed by atoms with E-state index in [1.54, 1.807) is 0 Å². The molecule has 2 unspecified atom stereocenters. The summed E-state index contributed by atoms with van der Waals surface area (Å²) in [4.78, 5) is 24.5. The van der Waals surface area contributed by atoms with Crippen LogP contribution in [0.2, 0.25) is 0 Å². The number of rotatable bonds is 30. The zero-order valence-electron chi connectivity index (χ0n) is 27.8. The molecule has 1 rings (SSSR count). The summed E-state index contributed by atoms with van der Waals surface area (Å²) in [6, 6.07) is 7.96. The number of nitrogens with two attached hydrogens (primary N) is 2. The van der Waals surface area contributed by atoms with Crippen LogP contribution in [0.1, 0.15) is 204 Å². The minimum atomic E-state index is -0.259. The fourth-order valence-electron chi connectivity index (χ4n) is 6.29. The van der Waals surface area contributed by atoms with Gasteiger partial charge in [-0.25, -0.2) is 0 Å². The molecule has 42 heavy (non-hydrogen) atoms. The minimum absolute atomic E-state index is 0.256. The van der Waals surface area contributed by atoms with Gasteiger partial charge in [-0.15, -0.1) is 0 Å². The van der Waals surface area contributed by atoms with E-state index in [4.69, 9.17) is 11.5 Å². The Balaban J connectivity index is 2.29. The first-order valence-electron chi connectivity index (χ1n) is 18.2. The number of primary amides is 2. The van der Waals surface area contributed by atoms with Crippen LogP contribution >= 0.6 is 0 Å². The van der Waals surface area contributed by atoms with Gasteiger partial charge in [0.25, 0.3) is 0 Å². The van der Waals surface area contributed by atoms with Gasteiger partial charge in [0.1, 0.15) is 0 Å². The first-order chi connectivity index (χ1) is 20.5. The van der Waals surface area contributed by atoms with E-state index >= 15 is 0 Å². The zero-order chi connectivity index (χ0) is 30.7. The third-order valence-corrected chi connectivity index (χ3v) is 9.12. The number of benzene rings is 1. The molecule has 0 spiro atoms. The van der Waals surface area contributed by atoms with Crippen molar-refractivity contribution in [1.29, 1.82) is 0 Å². The SMILES string of the molecule is CCCCCCCCCCCCCCC(C(N)=O)c1ccc(C(CCCCCCCCCCCCCC)C(N)=O)cc1. The Bertz CT molecular complexity index is 711. The van der Waals surface area contributed by atoms with Crippen LogP contribution in [-0.2, 0) is 9.59 Å². The molecule has 0 aliphatic carbocycles. The molecule has 0 saturated carbocycles. The lowest BCUT2D eigenvalue weighted by molar-refractivity contribution is -0.120. The van der Waals surface area contributed by atoms with Crippen molar-refractivity contribution in [3.8, 4) is 0 Å². The van der Waals surface area contributed by atoms with E-state index in [-0.39, 0.29) is 23.7 Å². The van der Waals surface area contributed by atoms with Crippen LogP contribution < -0.4 is 11.5 Å². The molecule has 4 heteroatoms.